The Hall–Kier alpha value is -1.70. The fourth-order valence-corrected chi connectivity index (χ4v) is 3.62. The minimum absolute atomic E-state index is 0.840. The molecule has 0 bridgehead atoms. The van der Waals surface area contributed by atoms with Crippen LogP contribution < -0.4 is 0 Å². The molecule has 2 aromatic rings. The zero-order chi connectivity index (χ0) is 20.0. The Labute approximate surface area is 173 Å². The van der Waals surface area contributed by atoms with Gasteiger partial charge >= 0.3 is 0 Å². The van der Waals surface area contributed by atoms with Gasteiger partial charge in [0, 0.05) is 18.0 Å². The molecule has 1 aromatic carbocycles. The third-order valence-corrected chi connectivity index (χ3v) is 5.48. The van der Waals surface area contributed by atoms with E-state index in [4.69, 9.17) is 0 Å². The number of hydrogen-bond acceptors (Lipinski definition) is 2. The fourth-order valence-electron chi connectivity index (χ4n) is 3.62. The summed E-state index contributed by atoms with van der Waals surface area (Å²) in [7, 11) is 0. The van der Waals surface area contributed by atoms with Crippen LogP contribution in [0.15, 0.2) is 36.7 Å². The minimum atomic E-state index is 0.840. The number of aryl methyl sites for hydroxylation is 2. The lowest BCUT2D eigenvalue weighted by atomic mass is 10.0. The van der Waals surface area contributed by atoms with Gasteiger partial charge in [0.15, 0.2) is 5.82 Å². The molecule has 0 saturated heterocycles. The Morgan fingerprint density at radius 3 is 1.89 bits per heavy atom. The molecule has 0 radical (unpaired) electrons. The largest absolute Gasteiger partial charge is 0.236 e. The van der Waals surface area contributed by atoms with Crippen molar-refractivity contribution in [2.24, 2.45) is 5.92 Å². The molecule has 154 valence electrons. The van der Waals surface area contributed by atoms with Gasteiger partial charge in [-0.25, -0.2) is 9.97 Å². The summed E-state index contributed by atoms with van der Waals surface area (Å²) < 4.78 is 0. The maximum Gasteiger partial charge on any atom is 0.159 e. The van der Waals surface area contributed by atoms with Gasteiger partial charge < -0.3 is 0 Å². The van der Waals surface area contributed by atoms with Crippen LogP contribution in [0.2, 0.25) is 0 Å². The van der Waals surface area contributed by atoms with Crippen LogP contribution in [0, 0.1) is 5.92 Å². The lowest BCUT2D eigenvalue weighted by Crippen LogP contribution is -1.94. The highest BCUT2D eigenvalue weighted by Gasteiger charge is 2.03. The highest BCUT2D eigenvalue weighted by atomic mass is 14.9. The van der Waals surface area contributed by atoms with Gasteiger partial charge in [-0.1, -0.05) is 96.4 Å². The number of nitrogens with zero attached hydrogens (tertiary/aromatic N) is 2. The first-order valence-electron chi connectivity index (χ1n) is 11.6. The van der Waals surface area contributed by atoms with Gasteiger partial charge in [0.2, 0.25) is 0 Å². The lowest BCUT2D eigenvalue weighted by molar-refractivity contribution is 0.511. The number of unbranched alkanes of at least 4 members (excludes halogenated alkanes) is 7. The zero-order valence-electron chi connectivity index (χ0n) is 18.4. The molecule has 1 aromatic heterocycles. The highest BCUT2D eigenvalue weighted by molar-refractivity contribution is 5.55. The van der Waals surface area contributed by atoms with Crippen LogP contribution in [0.4, 0.5) is 0 Å². The van der Waals surface area contributed by atoms with Gasteiger partial charge in [0.05, 0.1) is 0 Å². The third-order valence-electron chi connectivity index (χ3n) is 5.48. The van der Waals surface area contributed by atoms with Crippen LogP contribution in [0.1, 0.15) is 96.1 Å². The van der Waals surface area contributed by atoms with E-state index in [0.717, 1.165) is 23.7 Å². The molecule has 0 N–H and O–H groups in total. The topological polar surface area (TPSA) is 25.8 Å². The summed E-state index contributed by atoms with van der Waals surface area (Å²) in [5.74, 6) is 1.70. The molecule has 0 fully saturated rings. The maximum atomic E-state index is 4.57. The Morgan fingerprint density at radius 2 is 1.25 bits per heavy atom. The zero-order valence-corrected chi connectivity index (χ0v) is 18.4. The van der Waals surface area contributed by atoms with Crippen LogP contribution in [0.5, 0.6) is 0 Å². The first-order valence-corrected chi connectivity index (χ1v) is 11.6. The van der Waals surface area contributed by atoms with Crippen molar-refractivity contribution in [3.05, 3.63) is 47.8 Å². The van der Waals surface area contributed by atoms with Gasteiger partial charge in [-0.3, -0.25) is 0 Å². The predicted octanol–water partition coefficient (Wildman–Crippen LogP) is 7.81. The van der Waals surface area contributed by atoms with Gasteiger partial charge in [0.25, 0.3) is 0 Å². The SMILES string of the molecule is CCCCCc1cnc(-c2ccc(CCCCCCCCC(C)C)cc2)nc1. The van der Waals surface area contributed by atoms with Crippen molar-refractivity contribution in [2.45, 2.75) is 97.8 Å². The fraction of sp³-hybridized carbons (Fsp3) is 0.615. The third kappa shape index (κ3) is 8.99. The van der Waals surface area contributed by atoms with Crippen LogP contribution in [0.25, 0.3) is 11.4 Å². The average Bonchev–Trinajstić information content (AvgIpc) is 2.71. The molecule has 2 rings (SSSR count). The van der Waals surface area contributed by atoms with Crippen LogP contribution in [0.3, 0.4) is 0 Å². The summed E-state index contributed by atoms with van der Waals surface area (Å²) >= 11 is 0. The molecular formula is C26H40N2. The van der Waals surface area contributed by atoms with Crippen LogP contribution >= 0.6 is 0 Å². The molecule has 0 amide bonds. The molecule has 2 heteroatoms. The molecule has 2 nitrogen and oxygen atoms in total. The standard InChI is InChI=1S/C26H40N2/c1-4-5-10-15-24-20-27-26(28-21-24)25-18-16-23(17-19-25)14-12-9-7-6-8-11-13-22(2)3/h16-22H,4-15H2,1-3H3. The molecule has 0 atom stereocenters. The molecule has 0 unspecified atom stereocenters. The average molecular weight is 381 g/mol. The first kappa shape index (κ1) is 22.6. The molecule has 0 aliphatic carbocycles. The number of hydrogen-bond donors (Lipinski definition) is 0. The molecule has 1 heterocycles. The van der Waals surface area contributed by atoms with Gasteiger partial charge in [-0.15, -0.1) is 0 Å². The number of benzene rings is 1. The lowest BCUT2D eigenvalue weighted by Gasteiger charge is -2.06. The van der Waals surface area contributed by atoms with Gasteiger partial charge in [-0.05, 0) is 42.7 Å². The van der Waals surface area contributed by atoms with E-state index in [1.165, 1.54) is 81.8 Å². The summed E-state index contributed by atoms with van der Waals surface area (Å²) in [6, 6.07) is 8.84. The molecule has 0 aliphatic rings. The summed E-state index contributed by atoms with van der Waals surface area (Å²) in [4.78, 5) is 9.14. The van der Waals surface area contributed by atoms with E-state index < -0.39 is 0 Å². The molecule has 0 saturated carbocycles. The van der Waals surface area contributed by atoms with E-state index >= 15 is 0 Å². The van der Waals surface area contributed by atoms with Crippen molar-refractivity contribution in [1.29, 1.82) is 0 Å². The first-order chi connectivity index (χ1) is 13.7. The Bertz CT molecular complexity index is 628. The monoisotopic (exact) mass is 380 g/mol. The minimum Gasteiger partial charge on any atom is -0.236 e. The van der Waals surface area contributed by atoms with E-state index in [9.17, 15) is 0 Å². The van der Waals surface area contributed by atoms with Crippen molar-refractivity contribution in [3.63, 3.8) is 0 Å². The Balaban J connectivity index is 1.67. The van der Waals surface area contributed by atoms with E-state index in [-0.39, 0.29) is 0 Å². The summed E-state index contributed by atoms with van der Waals surface area (Å²) in [6.45, 7) is 6.88. The van der Waals surface area contributed by atoms with Crippen LogP contribution in [-0.2, 0) is 12.8 Å². The molecule has 0 aliphatic heterocycles. The quantitative estimate of drug-likeness (QED) is 0.312. The summed E-state index contributed by atoms with van der Waals surface area (Å²) in [6.07, 6.45) is 19.7. The Kier molecular flexibility index (Phi) is 10.9. The van der Waals surface area contributed by atoms with Crippen molar-refractivity contribution < 1.29 is 0 Å². The number of rotatable bonds is 14. The van der Waals surface area contributed by atoms with E-state index in [2.05, 4.69) is 55.0 Å². The van der Waals surface area contributed by atoms with Crippen molar-refractivity contribution >= 4 is 0 Å². The normalized spacial score (nSPS) is 11.3. The molecule has 28 heavy (non-hydrogen) atoms. The molecule has 0 spiro atoms. The smallest absolute Gasteiger partial charge is 0.159 e. The van der Waals surface area contributed by atoms with Gasteiger partial charge in [0.1, 0.15) is 0 Å². The molecular weight excluding hydrogens is 340 g/mol. The Morgan fingerprint density at radius 1 is 0.679 bits per heavy atom. The van der Waals surface area contributed by atoms with E-state index in [1.54, 1.807) is 0 Å². The second-order valence-corrected chi connectivity index (χ2v) is 8.62. The second-order valence-electron chi connectivity index (χ2n) is 8.62. The van der Waals surface area contributed by atoms with Gasteiger partial charge in [-0.2, -0.15) is 0 Å². The van der Waals surface area contributed by atoms with Crippen LogP contribution in [-0.4, -0.2) is 9.97 Å². The van der Waals surface area contributed by atoms with E-state index in [1.807, 2.05) is 12.4 Å². The van der Waals surface area contributed by atoms with Crippen molar-refractivity contribution in [3.8, 4) is 11.4 Å². The number of aromatic nitrogens is 2. The maximum absolute atomic E-state index is 4.57. The van der Waals surface area contributed by atoms with Crippen molar-refractivity contribution in [2.75, 3.05) is 0 Å². The highest BCUT2D eigenvalue weighted by Crippen LogP contribution is 2.18. The second kappa shape index (κ2) is 13.5. The summed E-state index contributed by atoms with van der Waals surface area (Å²) in [5, 5.41) is 0. The van der Waals surface area contributed by atoms with Crippen molar-refractivity contribution in [1.82, 2.24) is 9.97 Å². The summed E-state index contributed by atoms with van der Waals surface area (Å²) in [5.41, 5.74) is 3.80. The predicted molar refractivity (Wildman–Crippen MR) is 122 cm³/mol. The van der Waals surface area contributed by atoms with E-state index in [0.29, 0.717) is 0 Å².